The van der Waals surface area contributed by atoms with Crippen LogP contribution in [-0.2, 0) is 16.1 Å². The molecule has 2 aromatic rings. The molecule has 0 aliphatic carbocycles. The second kappa shape index (κ2) is 9.45. The van der Waals surface area contributed by atoms with Gasteiger partial charge < -0.3 is 25.2 Å². The predicted octanol–water partition coefficient (Wildman–Crippen LogP) is 3.45. The molecule has 1 amide bonds. The first-order valence-electron chi connectivity index (χ1n) is 10.5. The van der Waals surface area contributed by atoms with Crippen molar-refractivity contribution < 1.29 is 9.53 Å². The van der Waals surface area contributed by atoms with Crippen molar-refractivity contribution in [2.24, 2.45) is 0 Å². The van der Waals surface area contributed by atoms with Crippen molar-refractivity contribution >= 4 is 40.3 Å². The van der Waals surface area contributed by atoms with Gasteiger partial charge in [-0.3, -0.25) is 4.79 Å². The van der Waals surface area contributed by atoms with E-state index < -0.39 is 0 Å². The van der Waals surface area contributed by atoms with E-state index in [9.17, 15) is 4.79 Å². The Morgan fingerprint density at radius 1 is 1.10 bits per heavy atom. The van der Waals surface area contributed by atoms with E-state index in [0.717, 1.165) is 56.2 Å². The van der Waals surface area contributed by atoms with E-state index in [1.165, 1.54) is 11.3 Å². The number of morpholine rings is 1. The smallest absolute Gasteiger partial charge is 0.227 e. The second-order valence-electron chi connectivity index (χ2n) is 7.72. The Balaban J connectivity index is 1.32. The largest absolute Gasteiger partial charge is 0.378 e. The number of hydrogen-bond acceptors (Lipinski definition) is 4. The number of carbonyl (C=O) groups excluding carboxylic acids is 1. The number of thiocarbonyl (C=S) groups is 1. The third kappa shape index (κ3) is 4.91. The molecule has 0 saturated carbocycles. The molecule has 158 valence electrons. The summed E-state index contributed by atoms with van der Waals surface area (Å²) < 4.78 is 5.41. The normalized spacial score (nSPS) is 16.6. The van der Waals surface area contributed by atoms with Crippen LogP contribution in [0.15, 0.2) is 42.5 Å². The van der Waals surface area contributed by atoms with Gasteiger partial charge >= 0.3 is 0 Å². The van der Waals surface area contributed by atoms with Crippen LogP contribution in [0.1, 0.15) is 24.0 Å². The summed E-state index contributed by atoms with van der Waals surface area (Å²) in [7, 11) is 0. The number of anilines is 3. The van der Waals surface area contributed by atoms with Crippen LogP contribution in [0, 0.1) is 6.92 Å². The first-order valence-corrected chi connectivity index (χ1v) is 10.9. The Morgan fingerprint density at radius 3 is 2.57 bits per heavy atom. The van der Waals surface area contributed by atoms with Gasteiger partial charge in [0.2, 0.25) is 5.91 Å². The van der Waals surface area contributed by atoms with Crippen molar-refractivity contribution in [1.29, 1.82) is 0 Å². The molecule has 7 heteroatoms. The molecule has 0 bridgehead atoms. The van der Waals surface area contributed by atoms with Gasteiger partial charge in [-0.15, -0.1) is 0 Å². The molecule has 0 atom stereocenters. The van der Waals surface area contributed by atoms with Crippen LogP contribution in [0.25, 0.3) is 0 Å². The summed E-state index contributed by atoms with van der Waals surface area (Å²) in [5.74, 6) is 0.191. The Bertz CT molecular complexity index is 910. The van der Waals surface area contributed by atoms with E-state index in [-0.39, 0.29) is 5.91 Å². The Morgan fingerprint density at radius 2 is 1.87 bits per heavy atom. The molecule has 2 heterocycles. The summed E-state index contributed by atoms with van der Waals surface area (Å²) in [5.41, 5.74) is 5.34. The SMILES string of the molecule is Cc1ccc(NC(=S)NCc2ccc(N3CCOCC3)cc2)cc1N1CCCC1=O. The summed E-state index contributed by atoms with van der Waals surface area (Å²) >= 11 is 5.47. The highest BCUT2D eigenvalue weighted by Gasteiger charge is 2.23. The molecular formula is C23H28N4O2S. The monoisotopic (exact) mass is 424 g/mol. The summed E-state index contributed by atoms with van der Waals surface area (Å²) in [6.45, 7) is 6.92. The molecule has 2 fully saturated rings. The molecule has 2 saturated heterocycles. The number of aryl methyl sites for hydroxylation is 1. The maximum absolute atomic E-state index is 12.1. The van der Waals surface area contributed by atoms with Crippen LogP contribution in [0.3, 0.4) is 0 Å². The van der Waals surface area contributed by atoms with Crippen LogP contribution in [0.5, 0.6) is 0 Å². The quantitative estimate of drug-likeness (QED) is 0.717. The first-order chi connectivity index (χ1) is 14.6. The highest BCUT2D eigenvalue weighted by molar-refractivity contribution is 7.80. The standard InChI is InChI=1S/C23H28N4O2S/c1-17-4-7-19(15-21(17)27-10-2-3-22(27)28)25-23(30)24-16-18-5-8-20(9-6-18)26-11-13-29-14-12-26/h4-9,15H,2-3,10-14,16H2,1H3,(H2,24,25,30). The van der Waals surface area contributed by atoms with Crippen molar-refractivity contribution in [3.05, 3.63) is 53.6 Å². The van der Waals surface area contributed by atoms with E-state index in [4.69, 9.17) is 17.0 Å². The van der Waals surface area contributed by atoms with Gasteiger partial charge in [0.25, 0.3) is 0 Å². The first kappa shape index (κ1) is 20.6. The highest BCUT2D eigenvalue weighted by Crippen LogP contribution is 2.28. The molecule has 6 nitrogen and oxygen atoms in total. The predicted molar refractivity (Wildman–Crippen MR) is 125 cm³/mol. The second-order valence-corrected chi connectivity index (χ2v) is 8.13. The summed E-state index contributed by atoms with van der Waals surface area (Å²) in [5, 5.41) is 7.07. The van der Waals surface area contributed by atoms with Gasteiger partial charge in [-0.05, 0) is 61.0 Å². The van der Waals surface area contributed by atoms with Crippen LogP contribution in [0.4, 0.5) is 17.1 Å². The van der Waals surface area contributed by atoms with Crippen molar-refractivity contribution in [2.45, 2.75) is 26.3 Å². The van der Waals surface area contributed by atoms with E-state index in [1.807, 2.05) is 30.0 Å². The van der Waals surface area contributed by atoms with E-state index >= 15 is 0 Å². The minimum absolute atomic E-state index is 0.191. The summed E-state index contributed by atoms with van der Waals surface area (Å²) in [6.07, 6.45) is 1.54. The molecule has 2 aliphatic rings. The summed E-state index contributed by atoms with van der Waals surface area (Å²) in [4.78, 5) is 16.3. The van der Waals surface area contributed by atoms with Gasteiger partial charge in [0.05, 0.1) is 13.2 Å². The molecule has 2 aromatic carbocycles. The Kier molecular flexibility index (Phi) is 6.50. The third-order valence-electron chi connectivity index (χ3n) is 5.60. The lowest BCUT2D eigenvalue weighted by molar-refractivity contribution is -0.117. The van der Waals surface area contributed by atoms with Crippen molar-refractivity contribution in [3.63, 3.8) is 0 Å². The van der Waals surface area contributed by atoms with Crippen LogP contribution < -0.4 is 20.4 Å². The number of benzene rings is 2. The number of nitrogens with zero attached hydrogens (tertiary/aromatic N) is 2. The number of rotatable bonds is 5. The average Bonchev–Trinajstić information content (AvgIpc) is 3.20. The van der Waals surface area contributed by atoms with Crippen LogP contribution in [-0.4, -0.2) is 43.9 Å². The highest BCUT2D eigenvalue weighted by atomic mass is 32.1. The molecular weight excluding hydrogens is 396 g/mol. The average molecular weight is 425 g/mol. The lowest BCUT2D eigenvalue weighted by Gasteiger charge is -2.28. The maximum Gasteiger partial charge on any atom is 0.227 e. The molecule has 2 aliphatic heterocycles. The van der Waals surface area contributed by atoms with E-state index in [0.29, 0.717) is 18.1 Å². The van der Waals surface area contributed by atoms with Gasteiger partial charge in [0.15, 0.2) is 5.11 Å². The fraction of sp³-hybridized carbons (Fsp3) is 0.391. The number of ether oxygens (including phenoxy) is 1. The lowest BCUT2D eigenvalue weighted by Crippen LogP contribution is -2.36. The van der Waals surface area contributed by atoms with Gasteiger partial charge in [-0.2, -0.15) is 0 Å². The number of nitrogens with one attached hydrogen (secondary N) is 2. The molecule has 30 heavy (non-hydrogen) atoms. The number of hydrogen-bond donors (Lipinski definition) is 2. The third-order valence-corrected chi connectivity index (χ3v) is 5.84. The number of carbonyl (C=O) groups is 1. The van der Waals surface area contributed by atoms with Crippen molar-refractivity contribution in [1.82, 2.24) is 5.32 Å². The van der Waals surface area contributed by atoms with Gasteiger partial charge in [-0.1, -0.05) is 18.2 Å². The topological polar surface area (TPSA) is 56.8 Å². The van der Waals surface area contributed by atoms with Gasteiger partial charge in [-0.25, -0.2) is 0 Å². The van der Waals surface area contributed by atoms with Crippen LogP contribution >= 0.6 is 12.2 Å². The van der Waals surface area contributed by atoms with Crippen molar-refractivity contribution in [2.75, 3.05) is 48.0 Å². The molecule has 0 unspecified atom stereocenters. The van der Waals surface area contributed by atoms with Gasteiger partial charge in [0, 0.05) is 49.7 Å². The zero-order valence-electron chi connectivity index (χ0n) is 17.3. The van der Waals surface area contributed by atoms with Crippen molar-refractivity contribution in [3.8, 4) is 0 Å². The molecule has 0 aromatic heterocycles. The van der Waals surface area contributed by atoms with Gasteiger partial charge in [0.1, 0.15) is 0 Å². The lowest BCUT2D eigenvalue weighted by atomic mass is 10.1. The fourth-order valence-corrected chi connectivity index (χ4v) is 4.07. The minimum Gasteiger partial charge on any atom is -0.378 e. The Hall–Kier alpha value is -2.64. The maximum atomic E-state index is 12.1. The van der Waals surface area contributed by atoms with Crippen LogP contribution in [0.2, 0.25) is 0 Å². The number of amides is 1. The van der Waals surface area contributed by atoms with E-state index in [2.05, 4.69) is 39.8 Å². The molecule has 0 spiro atoms. The fourth-order valence-electron chi connectivity index (χ4n) is 3.88. The summed E-state index contributed by atoms with van der Waals surface area (Å²) in [6, 6.07) is 14.6. The zero-order valence-corrected chi connectivity index (χ0v) is 18.1. The minimum atomic E-state index is 0.191. The zero-order chi connectivity index (χ0) is 20.9. The molecule has 0 radical (unpaired) electrons. The van der Waals surface area contributed by atoms with E-state index in [1.54, 1.807) is 0 Å². The Labute approximate surface area is 183 Å². The molecule has 2 N–H and O–H groups in total. The molecule has 4 rings (SSSR count).